The third-order valence-electron chi connectivity index (χ3n) is 4.17. The number of hydrogen-bond acceptors (Lipinski definition) is 2. The molecule has 1 N–H and O–H groups in total. The lowest BCUT2D eigenvalue weighted by Gasteiger charge is -2.31. The Kier molecular flexibility index (Phi) is 6.69. The lowest BCUT2D eigenvalue weighted by atomic mass is 9.80. The molecule has 0 saturated heterocycles. The van der Waals surface area contributed by atoms with Crippen molar-refractivity contribution in [2.45, 2.75) is 71.8 Å². The molecule has 1 saturated carbocycles. The third kappa shape index (κ3) is 6.06. The van der Waals surface area contributed by atoms with Crippen molar-refractivity contribution < 1.29 is 9.59 Å². The van der Waals surface area contributed by atoms with Crippen LogP contribution in [-0.2, 0) is 9.59 Å². The topological polar surface area (TPSA) is 49.4 Å². The quantitative estimate of drug-likeness (QED) is 0.848. The Bertz CT molecular complexity index is 352. The molecule has 0 aliphatic heterocycles. The van der Waals surface area contributed by atoms with Crippen LogP contribution in [0.5, 0.6) is 0 Å². The van der Waals surface area contributed by atoms with E-state index in [1.54, 1.807) is 0 Å². The number of amides is 2. The second-order valence-electron chi connectivity index (χ2n) is 7.40. The van der Waals surface area contributed by atoms with Gasteiger partial charge in [-0.2, -0.15) is 0 Å². The number of unbranched alkanes of at least 4 members (excludes halogenated alkanes) is 1. The summed E-state index contributed by atoms with van der Waals surface area (Å²) in [5, 5.41) is 3.05. The fraction of sp³-hybridized carbons (Fsp3) is 0.882. The molecule has 0 bridgehead atoms. The molecule has 0 atom stereocenters. The van der Waals surface area contributed by atoms with Gasteiger partial charge in [-0.3, -0.25) is 9.59 Å². The first-order valence-electron chi connectivity index (χ1n) is 8.31. The zero-order valence-corrected chi connectivity index (χ0v) is 14.4. The monoisotopic (exact) mass is 296 g/mol. The van der Waals surface area contributed by atoms with Crippen LogP contribution in [0.4, 0.5) is 0 Å². The standard InChI is InChI=1S/C17H32N2O2/c1-6-7-12-19(5)16(21)14-10-8-13(9-11-14)15(20)18-17(2,3)4/h13-14H,6-12H2,1-5H3,(H,18,20). The van der Waals surface area contributed by atoms with Crippen LogP contribution in [0.25, 0.3) is 0 Å². The molecule has 0 aromatic rings. The van der Waals surface area contributed by atoms with Crippen molar-refractivity contribution in [3.8, 4) is 0 Å². The van der Waals surface area contributed by atoms with Crippen molar-refractivity contribution in [3.05, 3.63) is 0 Å². The molecule has 0 aromatic heterocycles. The Morgan fingerprint density at radius 1 is 1.10 bits per heavy atom. The molecule has 122 valence electrons. The highest BCUT2D eigenvalue weighted by Crippen LogP contribution is 2.30. The van der Waals surface area contributed by atoms with Crippen LogP contribution < -0.4 is 5.32 Å². The zero-order chi connectivity index (χ0) is 16.0. The van der Waals surface area contributed by atoms with E-state index in [4.69, 9.17) is 0 Å². The predicted molar refractivity (Wildman–Crippen MR) is 85.9 cm³/mol. The Balaban J connectivity index is 2.41. The van der Waals surface area contributed by atoms with Gasteiger partial charge in [-0.15, -0.1) is 0 Å². The Morgan fingerprint density at radius 2 is 1.62 bits per heavy atom. The van der Waals surface area contributed by atoms with Crippen molar-refractivity contribution in [1.82, 2.24) is 10.2 Å². The van der Waals surface area contributed by atoms with E-state index in [-0.39, 0.29) is 29.2 Å². The van der Waals surface area contributed by atoms with Crippen molar-refractivity contribution in [1.29, 1.82) is 0 Å². The minimum atomic E-state index is -0.176. The van der Waals surface area contributed by atoms with Crippen LogP contribution >= 0.6 is 0 Å². The maximum absolute atomic E-state index is 12.3. The SMILES string of the molecule is CCCCN(C)C(=O)C1CCC(C(=O)NC(C)(C)C)CC1. The van der Waals surface area contributed by atoms with Gasteiger partial charge in [0, 0.05) is 31.0 Å². The summed E-state index contributed by atoms with van der Waals surface area (Å²) in [6.45, 7) is 8.99. The minimum Gasteiger partial charge on any atom is -0.351 e. The average molecular weight is 296 g/mol. The van der Waals surface area contributed by atoms with Gasteiger partial charge in [0.15, 0.2) is 0 Å². The van der Waals surface area contributed by atoms with E-state index in [0.717, 1.165) is 45.1 Å². The number of rotatable bonds is 5. The lowest BCUT2D eigenvalue weighted by molar-refractivity contribution is -0.137. The molecule has 4 heteroatoms. The number of carbonyl (C=O) groups excluding carboxylic acids is 2. The van der Waals surface area contributed by atoms with Crippen molar-refractivity contribution in [2.24, 2.45) is 11.8 Å². The van der Waals surface area contributed by atoms with Gasteiger partial charge in [-0.05, 0) is 52.9 Å². The Morgan fingerprint density at radius 3 is 2.10 bits per heavy atom. The first kappa shape index (κ1) is 18.0. The maximum Gasteiger partial charge on any atom is 0.225 e. The van der Waals surface area contributed by atoms with Crippen LogP contribution in [0.1, 0.15) is 66.2 Å². The van der Waals surface area contributed by atoms with Crippen molar-refractivity contribution in [3.63, 3.8) is 0 Å². The molecule has 0 heterocycles. The highest BCUT2D eigenvalue weighted by molar-refractivity contribution is 5.81. The normalized spacial score (nSPS) is 22.7. The van der Waals surface area contributed by atoms with Crippen LogP contribution in [0.15, 0.2) is 0 Å². The highest BCUT2D eigenvalue weighted by Gasteiger charge is 2.32. The summed E-state index contributed by atoms with van der Waals surface area (Å²) in [5.41, 5.74) is -0.176. The van der Waals surface area contributed by atoms with Gasteiger partial charge >= 0.3 is 0 Å². The second kappa shape index (κ2) is 7.81. The molecule has 0 unspecified atom stereocenters. The summed E-state index contributed by atoms with van der Waals surface area (Å²) in [6.07, 6.45) is 5.53. The smallest absolute Gasteiger partial charge is 0.225 e. The Hall–Kier alpha value is -1.06. The van der Waals surface area contributed by atoms with Gasteiger partial charge < -0.3 is 10.2 Å². The summed E-state index contributed by atoms with van der Waals surface area (Å²) >= 11 is 0. The first-order valence-corrected chi connectivity index (χ1v) is 8.31. The number of nitrogens with zero attached hydrogens (tertiary/aromatic N) is 1. The van der Waals surface area contributed by atoms with E-state index in [9.17, 15) is 9.59 Å². The summed E-state index contributed by atoms with van der Waals surface area (Å²) in [6, 6.07) is 0. The van der Waals surface area contributed by atoms with Gasteiger partial charge in [0.1, 0.15) is 0 Å². The number of carbonyl (C=O) groups is 2. The fourth-order valence-corrected chi connectivity index (χ4v) is 2.89. The molecule has 1 aliphatic rings. The summed E-state index contributed by atoms with van der Waals surface area (Å²) < 4.78 is 0. The molecule has 1 rings (SSSR count). The number of hydrogen-bond donors (Lipinski definition) is 1. The maximum atomic E-state index is 12.3. The van der Waals surface area contributed by atoms with Crippen LogP contribution in [0.3, 0.4) is 0 Å². The summed E-state index contributed by atoms with van der Waals surface area (Å²) in [5.74, 6) is 0.602. The molecule has 4 nitrogen and oxygen atoms in total. The average Bonchev–Trinajstić information content (AvgIpc) is 2.42. The van der Waals surface area contributed by atoms with Crippen LogP contribution in [-0.4, -0.2) is 35.8 Å². The molecule has 0 aromatic carbocycles. The molecule has 1 fully saturated rings. The van der Waals surface area contributed by atoms with Crippen molar-refractivity contribution >= 4 is 11.8 Å². The molecule has 0 radical (unpaired) electrons. The van der Waals surface area contributed by atoms with E-state index in [1.165, 1.54) is 0 Å². The van der Waals surface area contributed by atoms with Gasteiger partial charge in [-0.1, -0.05) is 13.3 Å². The first-order chi connectivity index (χ1) is 9.74. The van der Waals surface area contributed by atoms with Crippen LogP contribution in [0.2, 0.25) is 0 Å². The highest BCUT2D eigenvalue weighted by atomic mass is 16.2. The predicted octanol–water partition coefficient (Wildman–Crippen LogP) is 2.97. The van der Waals surface area contributed by atoms with Crippen molar-refractivity contribution in [2.75, 3.05) is 13.6 Å². The van der Waals surface area contributed by atoms with E-state index in [2.05, 4.69) is 12.2 Å². The molecule has 2 amide bonds. The van der Waals surface area contributed by atoms with Gasteiger partial charge in [-0.25, -0.2) is 0 Å². The van der Waals surface area contributed by atoms with E-state index >= 15 is 0 Å². The minimum absolute atomic E-state index is 0.0780. The summed E-state index contributed by atoms with van der Waals surface area (Å²) in [4.78, 5) is 26.4. The van der Waals surface area contributed by atoms with Gasteiger partial charge in [0.25, 0.3) is 0 Å². The van der Waals surface area contributed by atoms with Crippen LogP contribution in [0, 0.1) is 11.8 Å². The lowest BCUT2D eigenvalue weighted by Crippen LogP contribution is -2.45. The molecular formula is C17H32N2O2. The zero-order valence-electron chi connectivity index (χ0n) is 14.4. The van der Waals surface area contributed by atoms with E-state index in [1.807, 2.05) is 32.7 Å². The molecule has 0 spiro atoms. The van der Waals surface area contributed by atoms with E-state index in [0.29, 0.717) is 0 Å². The fourth-order valence-electron chi connectivity index (χ4n) is 2.89. The largest absolute Gasteiger partial charge is 0.351 e. The molecule has 21 heavy (non-hydrogen) atoms. The molecule has 1 aliphatic carbocycles. The Labute approximate surface area is 129 Å². The summed E-state index contributed by atoms with van der Waals surface area (Å²) in [7, 11) is 1.90. The molecular weight excluding hydrogens is 264 g/mol. The number of nitrogens with one attached hydrogen (secondary N) is 1. The van der Waals surface area contributed by atoms with Gasteiger partial charge in [0.2, 0.25) is 11.8 Å². The van der Waals surface area contributed by atoms with Gasteiger partial charge in [0.05, 0.1) is 0 Å². The van der Waals surface area contributed by atoms with E-state index < -0.39 is 0 Å². The third-order valence-corrected chi connectivity index (χ3v) is 4.17. The second-order valence-corrected chi connectivity index (χ2v) is 7.40.